The summed E-state index contributed by atoms with van der Waals surface area (Å²) in [6.45, 7) is 3.90. The zero-order valence-corrected chi connectivity index (χ0v) is 11.4. The summed E-state index contributed by atoms with van der Waals surface area (Å²) >= 11 is 0. The monoisotopic (exact) mass is 269 g/mol. The molecular formula is C15H15N3O2. The van der Waals surface area contributed by atoms with E-state index in [9.17, 15) is 4.79 Å². The highest BCUT2D eigenvalue weighted by Crippen LogP contribution is 2.21. The van der Waals surface area contributed by atoms with Crippen molar-refractivity contribution in [2.45, 2.75) is 26.7 Å². The van der Waals surface area contributed by atoms with Crippen LogP contribution in [0.25, 0.3) is 16.8 Å². The average molecular weight is 269 g/mol. The van der Waals surface area contributed by atoms with Gasteiger partial charge in [-0.05, 0) is 38.0 Å². The number of carboxylic acids is 1. The molecule has 3 aromatic rings. The van der Waals surface area contributed by atoms with Gasteiger partial charge in [-0.25, -0.2) is 9.97 Å². The van der Waals surface area contributed by atoms with E-state index in [1.54, 1.807) is 0 Å². The first-order valence-electron chi connectivity index (χ1n) is 6.53. The Balaban J connectivity index is 2.26. The van der Waals surface area contributed by atoms with Gasteiger partial charge in [0.15, 0.2) is 0 Å². The fourth-order valence-corrected chi connectivity index (χ4v) is 2.63. The van der Waals surface area contributed by atoms with Gasteiger partial charge in [0.05, 0.1) is 11.0 Å². The van der Waals surface area contributed by atoms with Gasteiger partial charge in [0.1, 0.15) is 0 Å². The van der Waals surface area contributed by atoms with Crippen LogP contribution in [0.5, 0.6) is 0 Å². The number of imidazole rings is 1. The number of hydrogen-bond donors (Lipinski definition) is 1. The number of carbonyl (C=O) groups is 1. The van der Waals surface area contributed by atoms with E-state index in [1.807, 2.05) is 42.5 Å². The molecule has 1 N–H and O–H groups in total. The maximum atomic E-state index is 10.8. The molecule has 0 fully saturated rings. The Morgan fingerprint density at radius 3 is 2.75 bits per heavy atom. The topological polar surface area (TPSA) is 67.5 Å². The lowest BCUT2D eigenvalue weighted by atomic mass is 10.1. The molecule has 0 amide bonds. The molecule has 0 spiro atoms. The van der Waals surface area contributed by atoms with Crippen LogP contribution in [0.2, 0.25) is 0 Å². The third-order valence-electron chi connectivity index (χ3n) is 3.61. The van der Waals surface area contributed by atoms with E-state index >= 15 is 0 Å². The Kier molecular flexibility index (Phi) is 2.89. The molecule has 5 heteroatoms. The van der Waals surface area contributed by atoms with E-state index in [0.717, 1.165) is 28.0 Å². The lowest BCUT2D eigenvalue weighted by molar-refractivity contribution is -0.136. The number of para-hydroxylation sites is 2. The maximum Gasteiger partial charge on any atom is 0.303 e. The fourth-order valence-electron chi connectivity index (χ4n) is 2.63. The van der Waals surface area contributed by atoms with Crippen molar-refractivity contribution in [1.82, 2.24) is 14.4 Å². The molecule has 0 aliphatic carbocycles. The molecule has 0 radical (unpaired) electrons. The molecule has 0 atom stereocenters. The van der Waals surface area contributed by atoms with E-state index in [0.29, 0.717) is 12.2 Å². The molecule has 1 aromatic carbocycles. The van der Waals surface area contributed by atoms with Gasteiger partial charge < -0.3 is 5.11 Å². The van der Waals surface area contributed by atoms with Gasteiger partial charge in [-0.15, -0.1) is 0 Å². The Labute approximate surface area is 115 Å². The van der Waals surface area contributed by atoms with Crippen LogP contribution in [0.4, 0.5) is 0 Å². The zero-order valence-electron chi connectivity index (χ0n) is 11.4. The normalized spacial score (nSPS) is 11.3. The van der Waals surface area contributed by atoms with Gasteiger partial charge in [-0.2, -0.15) is 0 Å². The minimum absolute atomic E-state index is 0.113. The number of carboxylic acid groups (broad SMARTS) is 1. The minimum atomic E-state index is -0.792. The molecule has 3 rings (SSSR count). The largest absolute Gasteiger partial charge is 0.481 e. The van der Waals surface area contributed by atoms with Crippen molar-refractivity contribution in [3.05, 3.63) is 41.2 Å². The summed E-state index contributed by atoms with van der Waals surface area (Å²) in [5.41, 5.74) is 4.76. The van der Waals surface area contributed by atoms with Crippen LogP contribution in [-0.2, 0) is 11.2 Å². The van der Waals surface area contributed by atoms with Crippen molar-refractivity contribution in [3.63, 3.8) is 0 Å². The summed E-state index contributed by atoms with van der Waals surface area (Å²) in [4.78, 5) is 19.8. The minimum Gasteiger partial charge on any atom is -0.481 e. The number of aliphatic carboxylic acids is 1. The molecule has 0 aliphatic rings. The third-order valence-corrected chi connectivity index (χ3v) is 3.61. The Morgan fingerprint density at radius 2 is 2.00 bits per heavy atom. The predicted molar refractivity (Wildman–Crippen MR) is 75.9 cm³/mol. The predicted octanol–water partition coefficient (Wildman–Crippen LogP) is 2.52. The number of nitrogens with zero attached hydrogens (tertiary/aromatic N) is 3. The number of hydrogen-bond acceptors (Lipinski definition) is 3. The van der Waals surface area contributed by atoms with Gasteiger partial charge in [0, 0.05) is 17.8 Å². The van der Waals surface area contributed by atoms with Crippen LogP contribution in [0.15, 0.2) is 24.3 Å². The van der Waals surface area contributed by atoms with E-state index in [1.165, 1.54) is 0 Å². The second-order valence-corrected chi connectivity index (χ2v) is 4.89. The number of fused-ring (bicyclic) bond motifs is 3. The highest BCUT2D eigenvalue weighted by molar-refractivity contribution is 5.80. The molecule has 0 bridgehead atoms. The second kappa shape index (κ2) is 4.59. The summed E-state index contributed by atoms with van der Waals surface area (Å²) in [5.74, 6) is -0.125. The van der Waals surface area contributed by atoms with Crippen LogP contribution < -0.4 is 0 Å². The Hall–Kier alpha value is -2.43. The third kappa shape index (κ3) is 1.91. The van der Waals surface area contributed by atoms with E-state index in [-0.39, 0.29) is 6.42 Å². The van der Waals surface area contributed by atoms with Gasteiger partial charge in [-0.3, -0.25) is 9.20 Å². The van der Waals surface area contributed by atoms with Gasteiger partial charge in [0.25, 0.3) is 0 Å². The van der Waals surface area contributed by atoms with Crippen LogP contribution in [0.1, 0.15) is 23.4 Å². The molecule has 2 heterocycles. The quantitative estimate of drug-likeness (QED) is 0.793. The van der Waals surface area contributed by atoms with Gasteiger partial charge in [0.2, 0.25) is 5.78 Å². The molecule has 0 saturated carbocycles. The van der Waals surface area contributed by atoms with Crippen molar-refractivity contribution < 1.29 is 9.90 Å². The molecule has 0 aliphatic heterocycles. The summed E-state index contributed by atoms with van der Waals surface area (Å²) in [7, 11) is 0. The van der Waals surface area contributed by atoms with Crippen LogP contribution in [0.3, 0.4) is 0 Å². The Bertz CT molecular complexity index is 821. The molecule has 102 valence electrons. The molecule has 0 unspecified atom stereocenters. The van der Waals surface area contributed by atoms with Gasteiger partial charge in [-0.1, -0.05) is 12.1 Å². The van der Waals surface area contributed by atoms with Crippen molar-refractivity contribution in [3.8, 4) is 0 Å². The number of aromatic nitrogens is 3. The highest BCUT2D eigenvalue weighted by atomic mass is 16.4. The summed E-state index contributed by atoms with van der Waals surface area (Å²) in [6.07, 6.45) is 0.601. The SMILES string of the molecule is Cc1nc2nc3ccccc3n2c(C)c1CCC(=O)O. The van der Waals surface area contributed by atoms with Crippen molar-refractivity contribution in [1.29, 1.82) is 0 Å². The second-order valence-electron chi connectivity index (χ2n) is 4.89. The molecule has 5 nitrogen and oxygen atoms in total. The first-order valence-corrected chi connectivity index (χ1v) is 6.53. The lowest BCUT2D eigenvalue weighted by Crippen LogP contribution is -2.07. The van der Waals surface area contributed by atoms with E-state index in [4.69, 9.17) is 5.11 Å². The van der Waals surface area contributed by atoms with Crippen LogP contribution in [0, 0.1) is 13.8 Å². The highest BCUT2D eigenvalue weighted by Gasteiger charge is 2.14. The first kappa shape index (κ1) is 12.6. The van der Waals surface area contributed by atoms with Crippen LogP contribution >= 0.6 is 0 Å². The molecule has 20 heavy (non-hydrogen) atoms. The average Bonchev–Trinajstić information content (AvgIpc) is 2.75. The first-order chi connectivity index (χ1) is 9.58. The summed E-state index contributed by atoms with van der Waals surface area (Å²) < 4.78 is 2.00. The number of rotatable bonds is 3. The molecular weight excluding hydrogens is 254 g/mol. The van der Waals surface area contributed by atoms with E-state index < -0.39 is 5.97 Å². The number of aryl methyl sites for hydroxylation is 2. The maximum absolute atomic E-state index is 10.8. The lowest BCUT2D eigenvalue weighted by Gasteiger charge is -2.10. The molecule has 2 aromatic heterocycles. The standard InChI is InChI=1S/C15H15N3O2/c1-9-11(7-8-14(19)20)10(2)18-13-6-4-3-5-12(13)17-15(18)16-9/h3-6H,7-8H2,1-2H3,(H,19,20). The molecule has 0 saturated heterocycles. The summed E-state index contributed by atoms with van der Waals surface area (Å²) in [6, 6.07) is 7.87. The van der Waals surface area contributed by atoms with Crippen molar-refractivity contribution in [2.24, 2.45) is 0 Å². The van der Waals surface area contributed by atoms with E-state index in [2.05, 4.69) is 9.97 Å². The summed E-state index contributed by atoms with van der Waals surface area (Å²) in [5, 5.41) is 8.86. The van der Waals surface area contributed by atoms with Crippen LogP contribution in [-0.4, -0.2) is 25.4 Å². The van der Waals surface area contributed by atoms with Crippen molar-refractivity contribution in [2.75, 3.05) is 0 Å². The zero-order chi connectivity index (χ0) is 14.3. The Morgan fingerprint density at radius 1 is 1.25 bits per heavy atom. The van der Waals surface area contributed by atoms with Gasteiger partial charge >= 0.3 is 5.97 Å². The number of benzene rings is 1. The fraction of sp³-hybridized carbons (Fsp3) is 0.267. The smallest absolute Gasteiger partial charge is 0.303 e. The van der Waals surface area contributed by atoms with Crippen molar-refractivity contribution >= 4 is 22.8 Å².